The largest absolute Gasteiger partial charge is 0.478 e. The standard InChI is InChI=1S/C15H11ClN4O3/c16-10-3-1-2-8(6-10)13(14(17)21)20-12-5-4-9(15(22)23)7-11(12)18-19-20/h1-7,13H,(H2,17,21)(H,22,23). The summed E-state index contributed by atoms with van der Waals surface area (Å²) in [6, 6.07) is 10.2. The summed E-state index contributed by atoms with van der Waals surface area (Å²) in [4.78, 5) is 22.9. The van der Waals surface area contributed by atoms with E-state index in [1.807, 2.05) is 0 Å². The quantitative estimate of drug-likeness (QED) is 0.758. The number of halogens is 1. The zero-order valence-electron chi connectivity index (χ0n) is 11.7. The van der Waals surface area contributed by atoms with Gasteiger partial charge in [-0.3, -0.25) is 4.79 Å². The third kappa shape index (κ3) is 2.74. The highest BCUT2D eigenvalue weighted by atomic mass is 35.5. The van der Waals surface area contributed by atoms with E-state index in [2.05, 4.69) is 10.3 Å². The fourth-order valence-electron chi connectivity index (χ4n) is 2.37. The van der Waals surface area contributed by atoms with Gasteiger partial charge >= 0.3 is 5.97 Å². The molecule has 116 valence electrons. The van der Waals surface area contributed by atoms with Gasteiger partial charge in [0.2, 0.25) is 5.91 Å². The van der Waals surface area contributed by atoms with Crippen LogP contribution in [0, 0.1) is 0 Å². The molecule has 0 fully saturated rings. The van der Waals surface area contributed by atoms with Crippen LogP contribution in [0.3, 0.4) is 0 Å². The van der Waals surface area contributed by atoms with Crippen molar-refractivity contribution in [1.82, 2.24) is 15.0 Å². The minimum absolute atomic E-state index is 0.0860. The van der Waals surface area contributed by atoms with E-state index in [-0.39, 0.29) is 5.56 Å². The van der Waals surface area contributed by atoms with Crippen molar-refractivity contribution in [1.29, 1.82) is 0 Å². The number of carbonyl (C=O) groups is 2. The molecule has 1 aromatic heterocycles. The van der Waals surface area contributed by atoms with Gasteiger partial charge in [-0.15, -0.1) is 5.10 Å². The second kappa shape index (κ2) is 5.69. The first-order valence-electron chi connectivity index (χ1n) is 6.60. The molecule has 0 bridgehead atoms. The van der Waals surface area contributed by atoms with Crippen LogP contribution in [0.15, 0.2) is 42.5 Å². The Kier molecular flexibility index (Phi) is 3.71. The van der Waals surface area contributed by atoms with E-state index < -0.39 is 17.9 Å². The predicted octanol–water partition coefficient (Wildman–Crippen LogP) is 1.86. The molecule has 1 atom stereocenters. The lowest BCUT2D eigenvalue weighted by Crippen LogP contribution is -2.28. The van der Waals surface area contributed by atoms with E-state index in [0.717, 1.165) is 0 Å². The number of primary amides is 1. The van der Waals surface area contributed by atoms with E-state index >= 15 is 0 Å². The number of fused-ring (bicyclic) bond motifs is 1. The lowest BCUT2D eigenvalue weighted by atomic mass is 10.1. The number of nitrogens with zero attached hydrogens (tertiary/aromatic N) is 3. The fourth-order valence-corrected chi connectivity index (χ4v) is 2.57. The van der Waals surface area contributed by atoms with Gasteiger partial charge in [0.25, 0.3) is 0 Å². The molecule has 8 heteroatoms. The molecular weight excluding hydrogens is 320 g/mol. The van der Waals surface area contributed by atoms with Crippen LogP contribution < -0.4 is 5.73 Å². The minimum Gasteiger partial charge on any atom is -0.478 e. The summed E-state index contributed by atoms with van der Waals surface area (Å²) in [6.45, 7) is 0. The predicted molar refractivity (Wildman–Crippen MR) is 83.3 cm³/mol. The maximum atomic E-state index is 11.9. The van der Waals surface area contributed by atoms with Crippen LogP contribution in [0.5, 0.6) is 0 Å². The topological polar surface area (TPSA) is 111 Å². The Balaban J connectivity index is 2.16. The molecule has 0 aliphatic rings. The van der Waals surface area contributed by atoms with E-state index in [9.17, 15) is 9.59 Å². The van der Waals surface area contributed by atoms with E-state index in [1.165, 1.54) is 16.8 Å². The number of carboxylic acids is 1. The molecule has 1 unspecified atom stereocenters. The summed E-state index contributed by atoms with van der Waals surface area (Å²) in [5.74, 6) is -1.69. The molecule has 2 aromatic carbocycles. The van der Waals surface area contributed by atoms with Gasteiger partial charge in [0.15, 0.2) is 6.04 Å². The molecule has 23 heavy (non-hydrogen) atoms. The van der Waals surface area contributed by atoms with Crippen molar-refractivity contribution in [2.24, 2.45) is 5.73 Å². The van der Waals surface area contributed by atoms with Gasteiger partial charge in [-0.1, -0.05) is 28.9 Å². The molecule has 1 heterocycles. The molecule has 3 N–H and O–H groups in total. The molecule has 0 saturated heterocycles. The van der Waals surface area contributed by atoms with Crippen molar-refractivity contribution in [3.05, 3.63) is 58.6 Å². The van der Waals surface area contributed by atoms with Crippen LogP contribution in [-0.2, 0) is 4.79 Å². The second-order valence-electron chi connectivity index (χ2n) is 4.90. The molecule has 0 aliphatic carbocycles. The van der Waals surface area contributed by atoms with E-state index in [0.29, 0.717) is 21.6 Å². The summed E-state index contributed by atoms with van der Waals surface area (Å²) >= 11 is 5.97. The zero-order chi connectivity index (χ0) is 16.6. The molecule has 0 saturated carbocycles. The fraction of sp³-hybridized carbons (Fsp3) is 0.0667. The number of hydrogen-bond acceptors (Lipinski definition) is 4. The van der Waals surface area contributed by atoms with Crippen LogP contribution in [0.4, 0.5) is 0 Å². The van der Waals surface area contributed by atoms with Gasteiger partial charge in [-0.25, -0.2) is 9.48 Å². The Morgan fingerprint density at radius 3 is 2.65 bits per heavy atom. The highest BCUT2D eigenvalue weighted by Crippen LogP contribution is 2.24. The van der Waals surface area contributed by atoms with Gasteiger partial charge in [0, 0.05) is 5.02 Å². The first-order chi connectivity index (χ1) is 11.0. The number of amides is 1. The lowest BCUT2D eigenvalue weighted by molar-refractivity contribution is -0.120. The molecule has 0 aliphatic heterocycles. The first kappa shape index (κ1) is 15.0. The van der Waals surface area contributed by atoms with Crippen molar-refractivity contribution in [2.45, 2.75) is 6.04 Å². The van der Waals surface area contributed by atoms with Crippen LogP contribution in [-0.4, -0.2) is 32.0 Å². The Bertz CT molecular complexity index is 922. The number of aromatic carboxylic acids is 1. The molecular formula is C15H11ClN4O3. The number of carboxylic acid groups (broad SMARTS) is 1. The summed E-state index contributed by atoms with van der Waals surface area (Å²) in [5.41, 5.74) is 7.03. The molecule has 7 nitrogen and oxygen atoms in total. The third-order valence-corrected chi connectivity index (χ3v) is 3.63. The van der Waals surface area contributed by atoms with Gasteiger partial charge < -0.3 is 10.8 Å². The Hall–Kier alpha value is -2.93. The van der Waals surface area contributed by atoms with Crippen LogP contribution in [0.25, 0.3) is 11.0 Å². The van der Waals surface area contributed by atoms with Gasteiger partial charge in [0.05, 0.1) is 11.1 Å². The van der Waals surface area contributed by atoms with Crippen LogP contribution in [0.1, 0.15) is 22.0 Å². The maximum Gasteiger partial charge on any atom is 0.335 e. The minimum atomic E-state index is -1.07. The summed E-state index contributed by atoms with van der Waals surface area (Å²) in [5, 5.41) is 17.4. The monoisotopic (exact) mass is 330 g/mol. The van der Waals surface area contributed by atoms with Crippen molar-refractivity contribution >= 4 is 34.5 Å². The Morgan fingerprint density at radius 2 is 2.00 bits per heavy atom. The average Bonchev–Trinajstić information content (AvgIpc) is 2.90. The number of carbonyl (C=O) groups excluding carboxylic acids is 1. The Morgan fingerprint density at radius 1 is 1.22 bits per heavy atom. The van der Waals surface area contributed by atoms with Gasteiger partial charge in [0.1, 0.15) is 5.52 Å². The molecule has 3 aromatic rings. The second-order valence-corrected chi connectivity index (χ2v) is 5.34. The molecule has 1 amide bonds. The molecule has 0 radical (unpaired) electrons. The van der Waals surface area contributed by atoms with E-state index in [1.54, 1.807) is 30.3 Å². The first-order valence-corrected chi connectivity index (χ1v) is 6.98. The molecule has 0 spiro atoms. The van der Waals surface area contributed by atoms with Gasteiger partial charge in [-0.2, -0.15) is 0 Å². The lowest BCUT2D eigenvalue weighted by Gasteiger charge is -2.15. The number of aromatic nitrogens is 3. The summed E-state index contributed by atoms with van der Waals surface area (Å²) < 4.78 is 1.36. The molecule has 3 rings (SSSR count). The zero-order valence-corrected chi connectivity index (χ0v) is 12.4. The van der Waals surface area contributed by atoms with Crippen molar-refractivity contribution in [2.75, 3.05) is 0 Å². The number of rotatable bonds is 4. The summed E-state index contributed by atoms with van der Waals surface area (Å²) in [7, 11) is 0. The van der Waals surface area contributed by atoms with Gasteiger partial charge in [-0.05, 0) is 35.9 Å². The number of hydrogen-bond donors (Lipinski definition) is 2. The highest BCUT2D eigenvalue weighted by Gasteiger charge is 2.24. The van der Waals surface area contributed by atoms with Crippen molar-refractivity contribution in [3.8, 4) is 0 Å². The highest BCUT2D eigenvalue weighted by molar-refractivity contribution is 6.30. The maximum absolute atomic E-state index is 11.9. The number of nitrogens with two attached hydrogens (primary N) is 1. The van der Waals surface area contributed by atoms with Crippen molar-refractivity contribution in [3.63, 3.8) is 0 Å². The Labute approximate surface area is 135 Å². The van der Waals surface area contributed by atoms with Crippen LogP contribution >= 0.6 is 11.6 Å². The van der Waals surface area contributed by atoms with E-state index in [4.69, 9.17) is 22.4 Å². The van der Waals surface area contributed by atoms with Crippen molar-refractivity contribution < 1.29 is 14.7 Å². The smallest absolute Gasteiger partial charge is 0.335 e. The number of benzene rings is 2. The normalized spacial score (nSPS) is 12.2. The third-order valence-electron chi connectivity index (χ3n) is 3.40. The SMILES string of the molecule is NC(=O)C(c1cccc(Cl)c1)n1nnc2cc(C(=O)O)ccc21. The average molecular weight is 331 g/mol. The summed E-state index contributed by atoms with van der Waals surface area (Å²) in [6.07, 6.45) is 0. The van der Waals surface area contributed by atoms with Crippen LogP contribution in [0.2, 0.25) is 5.02 Å².